The van der Waals surface area contributed by atoms with Crippen LogP contribution in [0.15, 0.2) is 30.5 Å². The largest absolute Gasteiger partial charge is 0.387 e. The molecule has 1 aliphatic carbocycles. The van der Waals surface area contributed by atoms with Gasteiger partial charge in [-0.3, -0.25) is 9.78 Å². The Bertz CT molecular complexity index is 887. The minimum Gasteiger partial charge on any atom is -0.387 e. The molecular formula is C20H20Cl2F2N2O2. The highest BCUT2D eigenvalue weighted by molar-refractivity contribution is 6.32. The van der Waals surface area contributed by atoms with Crippen LogP contribution in [0.2, 0.25) is 10.0 Å². The summed E-state index contributed by atoms with van der Waals surface area (Å²) in [5.74, 6) is -1.25. The Morgan fingerprint density at radius 1 is 1.32 bits per heavy atom. The Morgan fingerprint density at radius 3 is 2.68 bits per heavy atom. The van der Waals surface area contributed by atoms with E-state index in [0.717, 1.165) is 0 Å². The van der Waals surface area contributed by atoms with E-state index in [1.807, 2.05) is 0 Å². The average Bonchev–Trinajstić information content (AvgIpc) is 2.67. The Balaban J connectivity index is 2.00. The first-order valence-electron chi connectivity index (χ1n) is 8.95. The predicted molar refractivity (Wildman–Crippen MR) is 104 cm³/mol. The molecule has 8 heteroatoms. The van der Waals surface area contributed by atoms with E-state index in [9.17, 15) is 18.7 Å². The van der Waals surface area contributed by atoms with E-state index in [0.29, 0.717) is 10.6 Å². The number of aliphatic hydroxyl groups is 1. The molecule has 2 N–H and O–H groups in total. The molecule has 1 saturated carbocycles. The number of hydrogen-bond acceptors (Lipinski definition) is 3. The van der Waals surface area contributed by atoms with Gasteiger partial charge < -0.3 is 10.4 Å². The first kappa shape index (κ1) is 21.0. The van der Waals surface area contributed by atoms with Gasteiger partial charge in [-0.05, 0) is 55.9 Å². The quantitative estimate of drug-likeness (QED) is 0.723. The fourth-order valence-corrected chi connectivity index (χ4v) is 3.94. The fourth-order valence-electron chi connectivity index (χ4n) is 3.56. The van der Waals surface area contributed by atoms with Crippen LogP contribution in [0.1, 0.15) is 53.3 Å². The molecule has 2 aromatic rings. The van der Waals surface area contributed by atoms with Crippen LogP contribution in [0.4, 0.5) is 8.78 Å². The summed E-state index contributed by atoms with van der Waals surface area (Å²) >= 11 is 12.2. The molecule has 1 aromatic heterocycles. The van der Waals surface area contributed by atoms with Gasteiger partial charge in [0.1, 0.15) is 17.7 Å². The van der Waals surface area contributed by atoms with Crippen LogP contribution in [0.25, 0.3) is 0 Å². The molecule has 150 valence electrons. The van der Waals surface area contributed by atoms with E-state index in [1.165, 1.54) is 24.4 Å². The highest BCUT2D eigenvalue weighted by Gasteiger charge is 2.43. The smallest absolute Gasteiger partial charge is 0.270 e. The summed E-state index contributed by atoms with van der Waals surface area (Å²) in [5, 5.41) is 14.1. The highest BCUT2D eigenvalue weighted by atomic mass is 35.5. The molecule has 0 saturated heterocycles. The van der Waals surface area contributed by atoms with Crippen LogP contribution in [0, 0.1) is 12.7 Å². The van der Waals surface area contributed by atoms with Crippen LogP contribution in [0.5, 0.6) is 0 Å². The van der Waals surface area contributed by atoms with Crippen molar-refractivity contribution in [1.29, 1.82) is 0 Å². The normalized spacial score (nSPS) is 23.3. The monoisotopic (exact) mass is 428 g/mol. The minimum absolute atomic E-state index is 0.0906. The third-order valence-electron chi connectivity index (χ3n) is 5.24. The van der Waals surface area contributed by atoms with E-state index in [1.54, 1.807) is 13.0 Å². The molecule has 1 unspecified atom stereocenters. The molecule has 0 spiro atoms. The SMILES string of the molecule is Cc1c(Cl)ccnc1C(=O)NC(c1cccc(F)c1Cl)C1(O)CCC(F)CC1. The van der Waals surface area contributed by atoms with Crippen molar-refractivity contribution in [3.05, 3.63) is 63.1 Å². The van der Waals surface area contributed by atoms with Gasteiger partial charge in [0.15, 0.2) is 0 Å². The van der Waals surface area contributed by atoms with Gasteiger partial charge in [0.05, 0.1) is 16.7 Å². The number of pyridine rings is 1. The zero-order chi connectivity index (χ0) is 20.5. The van der Waals surface area contributed by atoms with Crippen molar-refractivity contribution < 1.29 is 18.7 Å². The lowest BCUT2D eigenvalue weighted by molar-refractivity contribution is -0.0446. The summed E-state index contributed by atoms with van der Waals surface area (Å²) in [4.78, 5) is 17.0. The molecule has 1 aromatic carbocycles. The number of nitrogens with zero attached hydrogens (tertiary/aromatic N) is 1. The van der Waals surface area contributed by atoms with Gasteiger partial charge in [-0.25, -0.2) is 8.78 Å². The second kappa shape index (κ2) is 8.31. The number of halogens is 4. The lowest BCUT2D eigenvalue weighted by atomic mass is 9.76. The van der Waals surface area contributed by atoms with Crippen molar-refractivity contribution in [2.24, 2.45) is 0 Å². The summed E-state index contributed by atoms with van der Waals surface area (Å²) < 4.78 is 27.7. The molecule has 1 heterocycles. The molecule has 1 aliphatic rings. The number of benzene rings is 1. The number of carbonyl (C=O) groups excluding carboxylic acids is 1. The van der Waals surface area contributed by atoms with E-state index in [-0.39, 0.29) is 42.0 Å². The van der Waals surface area contributed by atoms with Gasteiger partial charge in [-0.2, -0.15) is 0 Å². The maximum absolute atomic E-state index is 14.1. The van der Waals surface area contributed by atoms with E-state index >= 15 is 0 Å². The first-order chi connectivity index (χ1) is 13.2. The number of carbonyl (C=O) groups is 1. The second-order valence-electron chi connectivity index (χ2n) is 7.09. The van der Waals surface area contributed by atoms with Crippen molar-refractivity contribution in [3.63, 3.8) is 0 Å². The zero-order valence-corrected chi connectivity index (χ0v) is 16.7. The first-order valence-corrected chi connectivity index (χ1v) is 9.71. The molecule has 1 atom stereocenters. The lowest BCUT2D eigenvalue weighted by Crippen LogP contribution is -2.49. The Kier molecular flexibility index (Phi) is 6.22. The van der Waals surface area contributed by atoms with Crippen molar-refractivity contribution in [3.8, 4) is 0 Å². The van der Waals surface area contributed by atoms with E-state index in [4.69, 9.17) is 23.2 Å². The predicted octanol–water partition coefficient (Wildman–Crippen LogP) is 4.95. The van der Waals surface area contributed by atoms with Crippen molar-refractivity contribution in [1.82, 2.24) is 10.3 Å². The van der Waals surface area contributed by atoms with Crippen LogP contribution in [-0.4, -0.2) is 27.8 Å². The second-order valence-corrected chi connectivity index (χ2v) is 7.88. The molecule has 0 aliphatic heterocycles. The Morgan fingerprint density at radius 2 is 2.00 bits per heavy atom. The fraction of sp³-hybridized carbons (Fsp3) is 0.400. The molecule has 0 bridgehead atoms. The van der Waals surface area contributed by atoms with Gasteiger partial charge >= 0.3 is 0 Å². The molecule has 4 nitrogen and oxygen atoms in total. The minimum atomic E-state index is -1.47. The highest BCUT2D eigenvalue weighted by Crippen LogP contribution is 2.42. The van der Waals surface area contributed by atoms with Crippen LogP contribution in [-0.2, 0) is 0 Å². The number of alkyl halides is 1. The molecule has 0 radical (unpaired) electrons. The zero-order valence-electron chi connectivity index (χ0n) is 15.2. The Labute approximate surface area is 171 Å². The van der Waals surface area contributed by atoms with Crippen molar-refractivity contribution in [2.45, 2.75) is 50.4 Å². The number of amides is 1. The van der Waals surface area contributed by atoms with Crippen molar-refractivity contribution >= 4 is 29.1 Å². The molecular weight excluding hydrogens is 409 g/mol. The number of hydrogen-bond donors (Lipinski definition) is 2. The Hall–Kier alpha value is -1.76. The summed E-state index contributed by atoms with van der Waals surface area (Å²) in [6.07, 6.45) is 0.879. The average molecular weight is 429 g/mol. The number of nitrogens with one attached hydrogen (secondary N) is 1. The molecule has 1 amide bonds. The summed E-state index contributed by atoms with van der Waals surface area (Å²) in [6, 6.07) is 4.70. The molecule has 3 rings (SSSR count). The van der Waals surface area contributed by atoms with Gasteiger partial charge in [-0.1, -0.05) is 35.3 Å². The third kappa shape index (κ3) is 4.14. The topological polar surface area (TPSA) is 62.2 Å². The lowest BCUT2D eigenvalue weighted by Gasteiger charge is -2.41. The van der Waals surface area contributed by atoms with Crippen LogP contribution in [0.3, 0.4) is 0 Å². The van der Waals surface area contributed by atoms with Crippen LogP contribution >= 0.6 is 23.2 Å². The van der Waals surface area contributed by atoms with Gasteiger partial charge in [0.25, 0.3) is 5.91 Å². The van der Waals surface area contributed by atoms with Crippen molar-refractivity contribution in [2.75, 3.05) is 0 Å². The van der Waals surface area contributed by atoms with E-state index in [2.05, 4.69) is 10.3 Å². The molecule has 28 heavy (non-hydrogen) atoms. The standard InChI is InChI=1S/C20H20Cl2F2N2O2/c1-11-14(21)7-10-25-17(11)19(27)26-18(13-3-2-4-15(24)16(13)22)20(28)8-5-12(23)6-9-20/h2-4,7,10,12,18,28H,5-6,8-9H2,1H3,(H,26,27). The molecule has 1 fully saturated rings. The van der Waals surface area contributed by atoms with Gasteiger partial charge in [0.2, 0.25) is 0 Å². The summed E-state index contributed by atoms with van der Waals surface area (Å²) in [6.45, 7) is 1.65. The van der Waals surface area contributed by atoms with E-state index < -0.39 is 29.5 Å². The van der Waals surface area contributed by atoms with Gasteiger partial charge in [0, 0.05) is 11.2 Å². The summed E-state index contributed by atoms with van der Waals surface area (Å²) in [5.41, 5.74) is -0.671. The number of aromatic nitrogens is 1. The third-order valence-corrected chi connectivity index (χ3v) is 6.05. The maximum Gasteiger partial charge on any atom is 0.270 e. The van der Waals surface area contributed by atoms with Gasteiger partial charge in [-0.15, -0.1) is 0 Å². The maximum atomic E-state index is 14.1. The number of rotatable bonds is 4. The van der Waals surface area contributed by atoms with Crippen LogP contribution < -0.4 is 5.32 Å². The summed E-state index contributed by atoms with van der Waals surface area (Å²) in [7, 11) is 0.